The van der Waals surface area contributed by atoms with Crippen molar-refractivity contribution in [1.29, 1.82) is 0 Å². The van der Waals surface area contributed by atoms with Crippen molar-refractivity contribution in [1.82, 2.24) is 0 Å². The van der Waals surface area contributed by atoms with Crippen LogP contribution < -0.4 is 0 Å². The molecular weight excluding hydrogens is 156 g/mol. The first-order chi connectivity index (χ1) is 6.16. The molecule has 1 aliphatic carbocycles. The van der Waals surface area contributed by atoms with Gasteiger partial charge in [0.25, 0.3) is 0 Å². The lowest BCUT2D eigenvalue weighted by atomic mass is 9.65. The Bertz CT molecular complexity index is 206. The summed E-state index contributed by atoms with van der Waals surface area (Å²) in [6.07, 6.45) is 3.98. The minimum atomic E-state index is 0.778. The summed E-state index contributed by atoms with van der Waals surface area (Å²) in [7, 11) is 0. The van der Waals surface area contributed by atoms with Gasteiger partial charge in [0.2, 0.25) is 0 Å². The number of rotatable bonds is 3. The molecule has 1 aliphatic rings. The van der Waals surface area contributed by atoms with E-state index in [1.54, 1.807) is 0 Å². The number of hydrogen-bond donors (Lipinski definition) is 0. The van der Waals surface area contributed by atoms with Crippen LogP contribution >= 0.6 is 0 Å². The molecule has 0 bridgehead atoms. The van der Waals surface area contributed by atoms with Crippen molar-refractivity contribution in [3.63, 3.8) is 0 Å². The van der Waals surface area contributed by atoms with Gasteiger partial charge < -0.3 is 0 Å². The zero-order chi connectivity index (χ0) is 9.84. The maximum Gasteiger partial charge on any atom is 0.0117 e. The first-order valence-electron chi connectivity index (χ1n) is 5.56. The highest BCUT2D eigenvalue weighted by atomic mass is 14.4. The van der Waals surface area contributed by atoms with Crippen LogP contribution in [0.2, 0.25) is 0 Å². The van der Waals surface area contributed by atoms with Crippen LogP contribution in [0.1, 0.15) is 47.0 Å². The van der Waals surface area contributed by atoms with Gasteiger partial charge in [0.1, 0.15) is 0 Å². The molecule has 0 aromatic rings. The fourth-order valence-corrected chi connectivity index (χ4v) is 2.34. The molecule has 0 aromatic carbocycles. The van der Waals surface area contributed by atoms with Crippen molar-refractivity contribution in [2.45, 2.75) is 47.0 Å². The van der Waals surface area contributed by atoms with Crippen LogP contribution in [0.5, 0.6) is 0 Å². The zero-order valence-electron chi connectivity index (χ0n) is 9.43. The third-order valence-corrected chi connectivity index (χ3v) is 3.86. The van der Waals surface area contributed by atoms with E-state index in [0.717, 1.165) is 30.1 Å². The minimum absolute atomic E-state index is 0.778. The van der Waals surface area contributed by atoms with Crippen molar-refractivity contribution < 1.29 is 0 Å². The van der Waals surface area contributed by atoms with E-state index in [2.05, 4.69) is 32.6 Å². The minimum Gasteiger partial charge on any atom is -0.107 e. The summed E-state index contributed by atoms with van der Waals surface area (Å²) in [4.78, 5) is 0. The Balaban J connectivity index is 2.35. The third kappa shape index (κ3) is 2.50. The van der Waals surface area contributed by atoms with Gasteiger partial charge in [-0.05, 0) is 37.0 Å². The van der Waals surface area contributed by atoms with Crippen molar-refractivity contribution in [2.75, 3.05) is 0 Å². The van der Waals surface area contributed by atoms with E-state index in [9.17, 15) is 0 Å². The second-order valence-corrected chi connectivity index (χ2v) is 4.69. The van der Waals surface area contributed by atoms with Crippen molar-refractivity contribution >= 4 is 0 Å². The summed E-state index contributed by atoms with van der Waals surface area (Å²) in [6.45, 7) is 9.08. The molecule has 0 heterocycles. The summed E-state index contributed by atoms with van der Waals surface area (Å²) in [5.74, 6) is 9.77. The summed E-state index contributed by atoms with van der Waals surface area (Å²) < 4.78 is 0. The number of hydrogen-bond acceptors (Lipinski definition) is 0. The van der Waals surface area contributed by atoms with E-state index < -0.39 is 0 Å². The van der Waals surface area contributed by atoms with Crippen LogP contribution in [0, 0.1) is 35.5 Å². The van der Waals surface area contributed by atoms with Crippen molar-refractivity contribution in [3.8, 4) is 11.8 Å². The molecule has 4 atom stereocenters. The van der Waals surface area contributed by atoms with Crippen LogP contribution in [0.25, 0.3) is 0 Å². The van der Waals surface area contributed by atoms with Crippen molar-refractivity contribution in [2.24, 2.45) is 23.7 Å². The lowest BCUT2D eigenvalue weighted by Crippen LogP contribution is -2.32. The van der Waals surface area contributed by atoms with Gasteiger partial charge >= 0.3 is 0 Å². The second kappa shape index (κ2) is 4.70. The normalized spacial score (nSPS) is 31.1. The molecule has 0 nitrogen and oxygen atoms in total. The van der Waals surface area contributed by atoms with E-state index in [4.69, 9.17) is 0 Å². The molecule has 74 valence electrons. The summed E-state index contributed by atoms with van der Waals surface area (Å²) in [6, 6.07) is 0. The molecule has 1 rings (SSSR count). The molecule has 1 fully saturated rings. The van der Waals surface area contributed by atoms with E-state index in [1.807, 2.05) is 6.92 Å². The van der Waals surface area contributed by atoms with E-state index in [0.29, 0.717) is 0 Å². The fraction of sp³-hybridized carbons (Fsp3) is 0.846. The van der Waals surface area contributed by atoms with Crippen LogP contribution in [-0.4, -0.2) is 0 Å². The summed E-state index contributed by atoms with van der Waals surface area (Å²) in [5, 5.41) is 0. The molecule has 13 heavy (non-hydrogen) atoms. The molecule has 0 heteroatoms. The maximum absolute atomic E-state index is 3.20. The molecule has 4 unspecified atom stereocenters. The molecule has 0 saturated heterocycles. The van der Waals surface area contributed by atoms with Gasteiger partial charge in [0, 0.05) is 6.42 Å². The Morgan fingerprint density at radius 1 is 1.31 bits per heavy atom. The fourth-order valence-electron chi connectivity index (χ4n) is 2.34. The first-order valence-corrected chi connectivity index (χ1v) is 5.56. The highest BCUT2D eigenvalue weighted by Crippen LogP contribution is 2.42. The van der Waals surface area contributed by atoms with Gasteiger partial charge in [-0.25, -0.2) is 0 Å². The molecule has 0 aromatic heterocycles. The molecule has 1 saturated carbocycles. The van der Waals surface area contributed by atoms with Crippen LogP contribution in [-0.2, 0) is 0 Å². The van der Waals surface area contributed by atoms with Gasteiger partial charge in [-0.15, -0.1) is 11.8 Å². The monoisotopic (exact) mass is 178 g/mol. The zero-order valence-corrected chi connectivity index (χ0v) is 9.43. The van der Waals surface area contributed by atoms with Gasteiger partial charge in [-0.1, -0.05) is 27.2 Å². The van der Waals surface area contributed by atoms with Gasteiger partial charge in [-0.3, -0.25) is 0 Å². The quantitative estimate of drug-likeness (QED) is 0.578. The average Bonchev–Trinajstić information content (AvgIpc) is 2.11. The maximum atomic E-state index is 3.20. The van der Waals surface area contributed by atoms with E-state index in [1.165, 1.54) is 12.8 Å². The van der Waals surface area contributed by atoms with E-state index in [-0.39, 0.29) is 0 Å². The Morgan fingerprint density at radius 3 is 2.38 bits per heavy atom. The predicted octanol–water partition coefficient (Wildman–Crippen LogP) is 3.72. The predicted molar refractivity (Wildman–Crippen MR) is 58.3 cm³/mol. The summed E-state index contributed by atoms with van der Waals surface area (Å²) >= 11 is 0. The Labute approximate surface area is 83.1 Å². The van der Waals surface area contributed by atoms with Crippen molar-refractivity contribution in [3.05, 3.63) is 0 Å². The first kappa shape index (κ1) is 10.6. The Kier molecular flexibility index (Phi) is 3.85. The van der Waals surface area contributed by atoms with Crippen LogP contribution in [0.3, 0.4) is 0 Å². The smallest absolute Gasteiger partial charge is 0.0117 e. The SMILES string of the molecule is CC#CCC(C)C(C)C1CCC1C. The molecule has 0 amide bonds. The lowest BCUT2D eigenvalue weighted by Gasteiger charge is -2.40. The molecule has 0 N–H and O–H groups in total. The van der Waals surface area contributed by atoms with Gasteiger partial charge in [0.05, 0.1) is 0 Å². The third-order valence-electron chi connectivity index (χ3n) is 3.86. The molecule has 0 radical (unpaired) electrons. The average molecular weight is 178 g/mol. The van der Waals surface area contributed by atoms with E-state index >= 15 is 0 Å². The van der Waals surface area contributed by atoms with Crippen LogP contribution in [0.4, 0.5) is 0 Å². The Morgan fingerprint density at radius 2 is 2.00 bits per heavy atom. The Hall–Kier alpha value is -0.440. The summed E-state index contributed by atoms with van der Waals surface area (Å²) in [5.41, 5.74) is 0. The molecule has 0 aliphatic heterocycles. The lowest BCUT2D eigenvalue weighted by molar-refractivity contribution is 0.0961. The topological polar surface area (TPSA) is 0 Å². The van der Waals surface area contributed by atoms with Gasteiger partial charge in [0.15, 0.2) is 0 Å². The highest BCUT2D eigenvalue weighted by molar-refractivity contribution is 4.97. The van der Waals surface area contributed by atoms with Gasteiger partial charge in [-0.2, -0.15) is 0 Å². The molecular formula is C13H22. The molecule has 0 spiro atoms. The standard InChI is InChI=1S/C13H22/c1-5-6-7-10(2)12(4)13-9-8-11(13)3/h10-13H,7-9H2,1-4H3. The van der Waals surface area contributed by atoms with Crippen LogP contribution in [0.15, 0.2) is 0 Å². The second-order valence-electron chi connectivity index (χ2n) is 4.69. The largest absolute Gasteiger partial charge is 0.107 e. The highest BCUT2D eigenvalue weighted by Gasteiger charge is 2.33.